The molecule has 0 unspecified atom stereocenters. The highest BCUT2D eigenvalue weighted by atomic mass is 16.5. The van der Waals surface area contributed by atoms with Gasteiger partial charge >= 0.3 is 0 Å². The van der Waals surface area contributed by atoms with Gasteiger partial charge < -0.3 is 4.74 Å². The van der Waals surface area contributed by atoms with Crippen LogP contribution in [0.25, 0.3) is 0 Å². The second-order valence-electron chi connectivity index (χ2n) is 3.52. The van der Waals surface area contributed by atoms with Crippen LogP contribution in [0.1, 0.15) is 29.9 Å². The maximum Gasteiger partial charge on any atom is 0.199 e. The largest absolute Gasteiger partial charge is 0.381 e. The summed E-state index contributed by atoms with van der Waals surface area (Å²) in [6, 6.07) is 0. The van der Waals surface area contributed by atoms with Crippen molar-refractivity contribution in [2.75, 3.05) is 13.2 Å². The molecule has 0 bridgehead atoms. The number of aromatic nitrogens is 3. The van der Waals surface area contributed by atoms with Crippen LogP contribution in [0.2, 0.25) is 0 Å². The molecule has 5 heteroatoms. The quantitative estimate of drug-likeness (QED) is 0.724. The molecular formula is C9H13N3O2. The zero-order valence-electron chi connectivity index (χ0n) is 7.90. The van der Waals surface area contributed by atoms with E-state index in [1.807, 2.05) is 0 Å². The van der Waals surface area contributed by atoms with E-state index in [1.165, 1.54) is 6.33 Å². The van der Waals surface area contributed by atoms with Gasteiger partial charge in [0.15, 0.2) is 11.6 Å². The number of carbonyl (C=O) groups is 1. The Hall–Kier alpha value is -1.23. The van der Waals surface area contributed by atoms with Crippen LogP contribution in [0.5, 0.6) is 0 Å². The van der Waals surface area contributed by atoms with Crippen LogP contribution in [-0.4, -0.2) is 34.2 Å². The number of ketones is 1. The van der Waals surface area contributed by atoms with Crippen molar-refractivity contribution in [3.8, 4) is 0 Å². The third-order valence-electron chi connectivity index (χ3n) is 2.49. The minimum Gasteiger partial charge on any atom is -0.381 e. The summed E-state index contributed by atoms with van der Waals surface area (Å²) in [6.45, 7) is 1.54. The van der Waals surface area contributed by atoms with E-state index in [0.29, 0.717) is 18.2 Å². The van der Waals surface area contributed by atoms with Crippen LogP contribution < -0.4 is 0 Å². The molecule has 0 radical (unpaired) electrons. The van der Waals surface area contributed by atoms with Crippen LogP contribution in [0.4, 0.5) is 0 Å². The summed E-state index contributed by atoms with van der Waals surface area (Å²) in [5, 5.41) is 6.24. The lowest BCUT2D eigenvalue weighted by Gasteiger charge is -2.20. The first-order valence-corrected chi connectivity index (χ1v) is 4.82. The zero-order valence-corrected chi connectivity index (χ0v) is 7.90. The first-order valence-electron chi connectivity index (χ1n) is 4.82. The molecule has 1 aromatic heterocycles. The zero-order chi connectivity index (χ0) is 9.80. The van der Waals surface area contributed by atoms with E-state index in [-0.39, 0.29) is 5.78 Å². The van der Waals surface area contributed by atoms with Crippen molar-refractivity contribution in [2.45, 2.75) is 19.3 Å². The molecule has 0 saturated carbocycles. The molecule has 5 nitrogen and oxygen atoms in total. The van der Waals surface area contributed by atoms with Gasteiger partial charge in [-0.1, -0.05) is 0 Å². The van der Waals surface area contributed by atoms with Crippen molar-refractivity contribution in [1.29, 1.82) is 0 Å². The summed E-state index contributed by atoms with van der Waals surface area (Å²) in [5.41, 5.74) is 0. The Kier molecular flexibility index (Phi) is 2.88. The average Bonchev–Trinajstić information content (AvgIpc) is 2.72. The van der Waals surface area contributed by atoms with Crippen molar-refractivity contribution in [3.63, 3.8) is 0 Å². The fourth-order valence-corrected chi connectivity index (χ4v) is 1.65. The van der Waals surface area contributed by atoms with Crippen LogP contribution in [0.3, 0.4) is 0 Å². The first kappa shape index (κ1) is 9.33. The molecule has 1 N–H and O–H groups in total. The molecule has 76 valence electrons. The van der Waals surface area contributed by atoms with Gasteiger partial charge in [-0.25, -0.2) is 4.98 Å². The summed E-state index contributed by atoms with van der Waals surface area (Å²) in [4.78, 5) is 15.4. The van der Waals surface area contributed by atoms with Crippen molar-refractivity contribution in [2.24, 2.45) is 5.92 Å². The van der Waals surface area contributed by atoms with Crippen molar-refractivity contribution < 1.29 is 9.53 Å². The van der Waals surface area contributed by atoms with Gasteiger partial charge in [-0.3, -0.25) is 9.89 Å². The number of nitrogens with zero attached hydrogens (tertiary/aromatic N) is 2. The van der Waals surface area contributed by atoms with E-state index in [1.54, 1.807) is 0 Å². The lowest BCUT2D eigenvalue weighted by Crippen LogP contribution is -2.19. The molecule has 2 heterocycles. The molecule has 0 aliphatic carbocycles. The highest BCUT2D eigenvalue weighted by Crippen LogP contribution is 2.19. The molecule has 0 spiro atoms. The minimum absolute atomic E-state index is 0.0504. The Morgan fingerprint density at radius 2 is 2.36 bits per heavy atom. The lowest BCUT2D eigenvalue weighted by molar-refractivity contribution is 0.0598. The number of ether oxygens (including phenoxy) is 1. The molecule has 0 aromatic carbocycles. The minimum atomic E-state index is 0.0504. The molecule has 2 rings (SSSR count). The molecule has 0 amide bonds. The number of rotatable bonds is 3. The number of H-pyrrole nitrogens is 1. The first-order chi connectivity index (χ1) is 6.86. The summed E-state index contributed by atoms with van der Waals surface area (Å²) in [7, 11) is 0. The molecule has 1 aliphatic rings. The van der Waals surface area contributed by atoms with Crippen molar-refractivity contribution in [1.82, 2.24) is 15.2 Å². The Morgan fingerprint density at radius 3 is 3.00 bits per heavy atom. The van der Waals surface area contributed by atoms with Crippen LogP contribution in [0.15, 0.2) is 6.33 Å². The van der Waals surface area contributed by atoms with E-state index in [9.17, 15) is 4.79 Å². The molecule has 0 atom stereocenters. The standard InChI is InChI=1S/C9H13N3O2/c13-8(9-10-6-11-12-9)5-7-1-3-14-4-2-7/h6-7H,1-5H2,(H,10,11,12). The van der Waals surface area contributed by atoms with E-state index >= 15 is 0 Å². The van der Waals surface area contributed by atoms with Gasteiger partial charge in [0, 0.05) is 19.6 Å². The summed E-state index contributed by atoms with van der Waals surface area (Å²) < 4.78 is 5.22. The SMILES string of the molecule is O=C(CC1CCOCC1)c1ncn[nH]1. The number of Topliss-reactive ketones (excluding diaryl/α,β-unsaturated/α-hetero) is 1. The Balaban J connectivity index is 1.87. The summed E-state index contributed by atoms with van der Waals surface area (Å²) in [5.74, 6) is 0.868. The lowest BCUT2D eigenvalue weighted by atomic mass is 9.94. The van der Waals surface area contributed by atoms with E-state index in [2.05, 4.69) is 15.2 Å². The normalized spacial score (nSPS) is 18.3. The van der Waals surface area contributed by atoms with Gasteiger partial charge in [-0.2, -0.15) is 5.10 Å². The fraction of sp³-hybridized carbons (Fsp3) is 0.667. The molecule has 1 fully saturated rings. The van der Waals surface area contributed by atoms with Crippen LogP contribution >= 0.6 is 0 Å². The third kappa shape index (κ3) is 2.17. The number of hydrogen-bond acceptors (Lipinski definition) is 4. The number of aromatic amines is 1. The molecule has 14 heavy (non-hydrogen) atoms. The number of nitrogens with one attached hydrogen (secondary N) is 1. The van der Waals surface area contributed by atoms with Gasteiger partial charge in [-0.05, 0) is 18.8 Å². The molecule has 1 aromatic rings. The smallest absolute Gasteiger partial charge is 0.199 e. The topological polar surface area (TPSA) is 67.9 Å². The predicted molar refractivity (Wildman–Crippen MR) is 48.9 cm³/mol. The van der Waals surface area contributed by atoms with E-state index in [0.717, 1.165) is 26.1 Å². The number of hydrogen-bond donors (Lipinski definition) is 1. The van der Waals surface area contributed by atoms with Crippen molar-refractivity contribution >= 4 is 5.78 Å². The second kappa shape index (κ2) is 4.32. The summed E-state index contributed by atoms with van der Waals surface area (Å²) >= 11 is 0. The van der Waals surface area contributed by atoms with Crippen molar-refractivity contribution in [3.05, 3.63) is 12.2 Å². The Morgan fingerprint density at radius 1 is 1.57 bits per heavy atom. The molecule has 1 aliphatic heterocycles. The number of carbonyl (C=O) groups excluding carboxylic acids is 1. The van der Waals surface area contributed by atoms with Gasteiger partial charge in [0.05, 0.1) is 0 Å². The van der Waals surface area contributed by atoms with Gasteiger partial charge in [0.2, 0.25) is 0 Å². The Bertz CT molecular complexity index is 291. The van der Waals surface area contributed by atoms with Crippen LogP contribution in [-0.2, 0) is 4.74 Å². The fourth-order valence-electron chi connectivity index (χ4n) is 1.65. The highest BCUT2D eigenvalue weighted by molar-refractivity contribution is 5.92. The van der Waals surface area contributed by atoms with Crippen LogP contribution in [0, 0.1) is 5.92 Å². The molecular weight excluding hydrogens is 182 g/mol. The Labute approximate surface area is 81.9 Å². The monoisotopic (exact) mass is 195 g/mol. The van der Waals surface area contributed by atoms with E-state index in [4.69, 9.17) is 4.74 Å². The second-order valence-corrected chi connectivity index (χ2v) is 3.52. The van der Waals surface area contributed by atoms with Gasteiger partial charge in [0.25, 0.3) is 0 Å². The summed E-state index contributed by atoms with van der Waals surface area (Å²) in [6.07, 6.45) is 3.86. The molecule has 1 saturated heterocycles. The average molecular weight is 195 g/mol. The predicted octanol–water partition coefficient (Wildman–Crippen LogP) is 0.804. The highest BCUT2D eigenvalue weighted by Gasteiger charge is 2.19. The van der Waals surface area contributed by atoms with Gasteiger partial charge in [-0.15, -0.1) is 0 Å². The van der Waals surface area contributed by atoms with Gasteiger partial charge in [0.1, 0.15) is 6.33 Å². The third-order valence-corrected chi connectivity index (χ3v) is 2.49. The maximum absolute atomic E-state index is 11.6. The maximum atomic E-state index is 11.6. The van der Waals surface area contributed by atoms with E-state index < -0.39 is 0 Å².